The van der Waals surface area contributed by atoms with Crippen molar-refractivity contribution in [1.29, 1.82) is 0 Å². The first kappa shape index (κ1) is 14.3. The smallest absolute Gasteiger partial charge is 0.234 e. The average molecular weight is 267 g/mol. The first-order chi connectivity index (χ1) is 9.86. The molecule has 0 amide bonds. The molecule has 0 aliphatic heterocycles. The van der Waals surface area contributed by atoms with Gasteiger partial charge in [-0.2, -0.15) is 0 Å². The number of para-hydroxylation sites is 1. The molecule has 2 heteroatoms. The minimum absolute atomic E-state index is 0.567. The van der Waals surface area contributed by atoms with Crippen molar-refractivity contribution >= 4 is 6.29 Å². The zero-order chi connectivity index (χ0) is 14.2. The number of ether oxygens (including phenoxy) is 1. The molecular formula is C18H19O2. The number of rotatable bonds is 7. The van der Waals surface area contributed by atoms with Crippen LogP contribution >= 0.6 is 0 Å². The molecule has 2 aromatic carbocycles. The van der Waals surface area contributed by atoms with Crippen molar-refractivity contribution in [3.05, 3.63) is 54.1 Å². The van der Waals surface area contributed by atoms with E-state index >= 15 is 0 Å². The number of hydrogen-bond donors (Lipinski definition) is 0. The maximum absolute atomic E-state index is 11.0. The van der Waals surface area contributed by atoms with Gasteiger partial charge in [0.2, 0.25) is 6.29 Å². The standard InChI is InChI=1S/C18H19O2/c1-2-3-8-13-20-18-12-7-6-11-17(18)16-10-5-4-9-15(16)14-19/h4-7,9-12H,2-3,8,13H2,1H3. The Hall–Kier alpha value is -2.09. The predicted octanol–water partition coefficient (Wildman–Crippen LogP) is 4.38. The van der Waals surface area contributed by atoms with E-state index in [1.54, 1.807) is 6.07 Å². The fourth-order valence-corrected chi connectivity index (χ4v) is 2.16. The molecule has 0 unspecified atom stereocenters. The van der Waals surface area contributed by atoms with E-state index in [0.29, 0.717) is 12.2 Å². The highest BCUT2D eigenvalue weighted by atomic mass is 16.5. The number of hydrogen-bond acceptors (Lipinski definition) is 2. The van der Waals surface area contributed by atoms with Crippen LogP contribution in [-0.2, 0) is 4.79 Å². The second-order valence-electron chi connectivity index (χ2n) is 4.70. The van der Waals surface area contributed by atoms with Gasteiger partial charge in [-0.15, -0.1) is 0 Å². The Bertz CT molecular complexity index is 561. The van der Waals surface area contributed by atoms with E-state index < -0.39 is 0 Å². The van der Waals surface area contributed by atoms with Crippen LogP contribution in [0.2, 0.25) is 0 Å². The van der Waals surface area contributed by atoms with Crippen LogP contribution in [-0.4, -0.2) is 12.9 Å². The largest absolute Gasteiger partial charge is 0.493 e. The minimum atomic E-state index is 0.567. The summed E-state index contributed by atoms with van der Waals surface area (Å²) in [6, 6.07) is 15.3. The zero-order valence-electron chi connectivity index (χ0n) is 11.8. The highest BCUT2D eigenvalue weighted by Crippen LogP contribution is 2.31. The summed E-state index contributed by atoms with van der Waals surface area (Å²) in [7, 11) is 0. The van der Waals surface area contributed by atoms with Gasteiger partial charge in [0.25, 0.3) is 0 Å². The van der Waals surface area contributed by atoms with E-state index in [1.165, 1.54) is 12.8 Å². The lowest BCUT2D eigenvalue weighted by molar-refractivity contribution is 0.307. The lowest BCUT2D eigenvalue weighted by Crippen LogP contribution is -1.99. The van der Waals surface area contributed by atoms with Gasteiger partial charge in [0.15, 0.2) is 0 Å². The highest BCUT2D eigenvalue weighted by molar-refractivity contribution is 5.89. The molecule has 0 aromatic heterocycles. The van der Waals surface area contributed by atoms with E-state index in [0.717, 1.165) is 23.3 Å². The van der Waals surface area contributed by atoms with Crippen molar-refractivity contribution in [2.24, 2.45) is 0 Å². The summed E-state index contributed by atoms with van der Waals surface area (Å²) in [5.74, 6) is 0.825. The van der Waals surface area contributed by atoms with Gasteiger partial charge in [-0.1, -0.05) is 62.2 Å². The second kappa shape index (κ2) is 7.49. The Morgan fingerprint density at radius 3 is 2.40 bits per heavy atom. The Morgan fingerprint density at radius 1 is 0.950 bits per heavy atom. The fourth-order valence-electron chi connectivity index (χ4n) is 2.16. The fraction of sp³-hybridized carbons (Fsp3) is 0.278. The molecule has 0 spiro atoms. The molecule has 0 saturated heterocycles. The third kappa shape index (κ3) is 3.47. The molecule has 2 rings (SSSR count). The number of carbonyl (C=O) groups excluding carboxylic acids is 1. The molecule has 0 N–H and O–H groups in total. The molecule has 0 bridgehead atoms. The first-order valence-electron chi connectivity index (χ1n) is 7.06. The van der Waals surface area contributed by atoms with E-state index in [9.17, 15) is 4.79 Å². The van der Waals surface area contributed by atoms with Crippen LogP contribution in [0, 0.1) is 0 Å². The average Bonchev–Trinajstić information content (AvgIpc) is 2.52. The van der Waals surface area contributed by atoms with Gasteiger partial charge in [0.05, 0.1) is 6.61 Å². The van der Waals surface area contributed by atoms with Crippen LogP contribution in [0.4, 0.5) is 0 Å². The molecule has 1 radical (unpaired) electrons. The molecule has 0 fully saturated rings. The SMILES string of the molecule is CCCCCOc1ccccc1-c1ccccc1[C]=O. The molecule has 20 heavy (non-hydrogen) atoms. The monoisotopic (exact) mass is 267 g/mol. The summed E-state index contributed by atoms with van der Waals surface area (Å²) in [4.78, 5) is 11.0. The summed E-state index contributed by atoms with van der Waals surface area (Å²) < 4.78 is 5.86. The van der Waals surface area contributed by atoms with Crippen molar-refractivity contribution in [2.45, 2.75) is 26.2 Å². The van der Waals surface area contributed by atoms with E-state index in [2.05, 4.69) is 6.92 Å². The van der Waals surface area contributed by atoms with Gasteiger partial charge < -0.3 is 4.74 Å². The first-order valence-corrected chi connectivity index (χ1v) is 7.06. The van der Waals surface area contributed by atoms with Crippen LogP contribution in [0.25, 0.3) is 11.1 Å². The van der Waals surface area contributed by atoms with Crippen molar-refractivity contribution in [1.82, 2.24) is 0 Å². The Kier molecular flexibility index (Phi) is 5.36. The highest BCUT2D eigenvalue weighted by Gasteiger charge is 2.09. The van der Waals surface area contributed by atoms with E-state index in [1.807, 2.05) is 48.8 Å². The molecule has 2 aromatic rings. The molecule has 103 valence electrons. The van der Waals surface area contributed by atoms with Crippen LogP contribution in [0.15, 0.2) is 48.5 Å². The molecule has 0 saturated carbocycles. The summed E-state index contributed by atoms with van der Waals surface area (Å²) >= 11 is 0. The van der Waals surface area contributed by atoms with Gasteiger partial charge >= 0.3 is 0 Å². The number of benzene rings is 2. The maximum Gasteiger partial charge on any atom is 0.234 e. The normalized spacial score (nSPS) is 10.2. The van der Waals surface area contributed by atoms with E-state index in [-0.39, 0.29) is 0 Å². The molecular weight excluding hydrogens is 248 g/mol. The maximum atomic E-state index is 11.0. The van der Waals surface area contributed by atoms with Gasteiger partial charge in [-0.25, -0.2) is 0 Å². The number of unbranched alkanes of at least 4 members (excludes halogenated alkanes) is 2. The van der Waals surface area contributed by atoms with Crippen molar-refractivity contribution < 1.29 is 9.53 Å². The predicted molar refractivity (Wildman–Crippen MR) is 81.7 cm³/mol. The van der Waals surface area contributed by atoms with Gasteiger partial charge in [0, 0.05) is 11.1 Å². The molecule has 0 heterocycles. The quantitative estimate of drug-likeness (QED) is 0.696. The van der Waals surface area contributed by atoms with Crippen molar-refractivity contribution in [2.75, 3.05) is 6.61 Å². The molecule has 0 aliphatic rings. The Labute approximate surface area is 120 Å². The molecule has 0 atom stereocenters. The molecule has 2 nitrogen and oxygen atoms in total. The third-order valence-electron chi connectivity index (χ3n) is 3.22. The second-order valence-corrected chi connectivity index (χ2v) is 4.70. The summed E-state index contributed by atoms with van der Waals surface area (Å²) in [5, 5.41) is 0. The third-order valence-corrected chi connectivity index (χ3v) is 3.22. The van der Waals surface area contributed by atoms with Gasteiger partial charge in [-0.3, -0.25) is 4.79 Å². The van der Waals surface area contributed by atoms with Crippen molar-refractivity contribution in [3.63, 3.8) is 0 Å². The van der Waals surface area contributed by atoms with Crippen LogP contribution in [0.3, 0.4) is 0 Å². The Morgan fingerprint density at radius 2 is 1.65 bits per heavy atom. The molecule has 0 aliphatic carbocycles. The lowest BCUT2D eigenvalue weighted by atomic mass is 9.99. The van der Waals surface area contributed by atoms with Crippen molar-refractivity contribution in [3.8, 4) is 16.9 Å². The van der Waals surface area contributed by atoms with Crippen LogP contribution in [0.1, 0.15) is 31.7 Å². The summed E-state index contributed by atoms with van der Waals surface area (Å²) in [6.45, 7) is 2.88. The zero-order valence-corrected chi connectivity index (χ0v) is 11.8. The summed E-state index contributed by atoms with van der Waals surface area (Å²) in [5.41, 5.74) is 2.38. The Balaban J connectivity index is 2.25. The van der Waals surface area contributed by atoms with Gasteiger partial charge in [0.1, 0.15) is 5.75 Å². The topological polar surface area (TPSA) is 26.3 Å². The van der Waals surface area contributed by atoms with Gasteiger partial charge in [-0.05, 0) is 18.1 Å². The minimum Gasteiger partial charge on any atom is -0.493 e. The summed E-state index contributed by atoms with van der Waals surface area (Å²) in [6.07, 6.45) is 5.38. The van der Waals surface area contributed by atoms with E-state index in [4.69, 9.17) is 4.74 Å². The van der Waals surface area contributed by atoms with Crippen LogP contribution < -0.4 is 4.74 Å². The van der Waals surface area contributed by atoms with Crippen LogP contribution in [0.5, 0.6) is 5.75 Å². The lowest BCUT2D eigenvalue weighted by Gasteiger charge is -2.12.